The first kappa shape index (κ1) is 25.6. The van der Waals surface area contributed by atoms with Crippen molar-refractivity contribution in [2.24, 2.45) is 16.9 Å². The van der Waals surface area contributed by atoms with E-state index in [1.165, 1.54) is 4.90 Å². The molecule has 8 heteroatoms. The van der Waals surface area contributed by atoms with Gasteiger partial charge in [-0.3, -0.25) is 14.4 Å². The fourth-order valence-electron chi connectivity index (χ4n) is 6.88. The van der Waals surface area contributed by atoms with Crippen LogP contribution in [-0.2, 0) is 19.8 Å². The van der Waals surface area contributed by atoms with E-state index in [0.29, 0.717) is 5.69 Å². The second-order valence-electron chi connectivity index (χ2n) is 10.5. The smallest absolute Gasteiger partial charge is 0.259 e. The molecule has 0 spiro atoms. The number of carbonyl (C=O) groups excluding carboxylic acids is 3. The SMILES string of the molecule is O=C(CNc1ccc(I)cc1)N/N=C\C12c3ccccc3C(c3ccccc31)[C@H]1C(=O)N(c3ccccc3)C(=O)[C@H]12. The molecule has 41 heavy (non-hydrogen) atoms. The summed E-state index contributed by atoms with van der Waals surface area (Å²) < 4.78 is 1.10. The third-order valence-electron chi connectivity index (χ3n) is 8.45. The predicted octanol–water partition coefficient (Wildman–Crippen LogP) is 5.06. The van der Waals surface area contributed by atoms with E-state index in [4.69, 9.17) is 0 Å². The van der Waals surface area contributed by atoms with E-state index in [1.807, 2.05) is 91.0 Å². The van der Waals surface area contributed by atoms with E-state index in [2.05, 4.69) is 38.4 Å². The van der Waals surface area contributed by atoms with Crippen LogP contribution in [0.5, 0.6) is 0 Å². The lowest BCUT2D eigenvalue weighted by atomic mass is 9.47. The minimum Gasteiger partial charge on any atom is -0.376 e. The number of benzene rings is 4. The Bertz CT molecular complexity index is 1670. The lowest BCUT2D eigenvalue weighted by molar-refractivity contribution is -0.122. The minimum absolute atomic E-state index is 0.0332. The van der Waals surface area contributed by atoms with E-state index in [-0.39, 0.29) is 30.2 Å². The van der Waals surface area contributed by atoms with Crippen LogP contribution in [-0.4, -0.2) is 30.5 Å². The number of carbonyl (C=O) groups is 3. The maximum Gasteiger partial charge on any atom is 0.259 e. The molecular weight excluding hydrogens is 627 g/mol. The lowest BCUT2D eigenvalue weighted by Crippen LogP contribution is -2.54. The van der Waals surface area contributed by atoms with Crippen LogP contribution >= 0.6 is 22.6 Å². The van der Waals surface area contributed by atoms with Crippen molar-refractivity contribution >= 4 is 57.9 Å². The quantitative estimate of drug-likeness (QED) is 0.132. The van der Waals surface area contributed by atoms with Gasteiger partial charge in [-0.2, -0.15) is 5.10 Å². The van der Waals surface area contributed by atoms with Crippen LogP contribution in [0.25, 0.3) is 0 Å². The van der Waals surface area contributed by atoms with Gasteiger partial charge in [0.05, 0.1) is 29.5 Å². The van der Waals surface area contributed by atoms with Crippen LogP contribution < -0.4 is 15.6 Å². The Labute approximate surface area is 250 Å². The molecule has 0 aromatic heterocycles. The molecule has 2 atom stereocenters. The highest BCUT2D eigenvalue weighted by Gasteiger charge is 2.68. The molecule has 8 rings (SSSR count). The Morgan fingerprint density at radius 3 is 2.10 bits per heavy atom. The normalized spacial score (nSPS) is 23.7. The Morgan fingerprint density at radius 2 is 1.44 bits per heavy atom. The highest BCUT2D eigenvalue weighted by atomic mass is 127. The van der Waals surface area contributed by atoms with Gasteiger partial charge >= 0.3 is 0 Å². The summed E-state index contributed by atoms with van der Waals surface area (Å²) in [5.41, 5.74) is 6.93. The standard InChI is InChI=1S/C33H25IN4O3/c34-20-14-16-21(17-15-20)35-18-27(39)37-36-19-33-25-12-6-4-10-23(25)28(24-11-5-7-13-26(24)33)29-30(33)32(41)38(31(29)40)22-8-2-1-3-9-22/h1-17,19,28-30,35H,18H2,(H,37,39)/b36-19-/t28?,29-,30+,33?/m1/s1. The number of anilines is 2. The number of rotatable bonds is 6. The van der Waals surface area contributed by atoms with Crippen LogP contribution in [0.2, 0.25) is 0 Å². The van der Waals surface area contributed by atoms with Gasteiger partial charge in [0.15, 0.2) is 0 Å². The molecule has 3 aliphatic carbocycles. The topological polar surface area (TPSA) is 90.9 Å². The minimum atomic E-state index is -1.03. The molecule has 1 fully saturated rings. The van der Waals surface area contributed by atoms with E-state index in [1.54, 1.807) is 18.3 Å². The fourth-order valence-corrected chi connectivity index (χ4v) is 7.24. The number of nitrogens with one attached hydrogen (secondary N) is 2. The van der Waals surface area contributed by atoms with E-state index >= 15 is 0 Å². The molecule has 1 saturated heterocycles. The van der Waals surface area contributed by atoms with Crippen molar-refractivity contribution in [3.8, 4) is 0 Å². The van der Waals surface area contributed by atoms with Crippen LogP contribution in [0.4, 0.5) is 11.4 Å². The number of amides is 3. The fraction of sp³-hybridized carbons (Fsp3) is 0.152. The van der Waals surface area contributed by atoms with Crippen molar-refractivity contribution in [1.82, 2.24) is 5.43 Å². The average molecular weight is 652 g/mol. The molecule has 0 saturated carbocycles. The Balaban J connectivity index is 1.29. The zero-order valence-corrected chi connectivity index (χ0v) is 24.0. The number of nitrogens with zero attached hydrogens (tertiary/aromatic N) is 2. The Morgan fingerprint density at radius 1 is 0.829 bits per heavy atom. The highest BCUT2D eigenvalue weighted by molar-refractivity contribution is 14.1. The van der Waals surface area contributed by atoms with Crippen molar-refractivity contribution in [3.63, 3.8) is 0 Å². The summed E-state index contributed by atoms with van der Waals surface area (Å²) in [5, 5.41) is 7.56. The summed E-state index contributed by atoms with van der Waals surface area (Å²) >= 11 is 2.23. The van der Waals surface area contributed by atoms with Gasteiger partial charge < -0.3 is 5.32 Å². The van der Waals surface area contributed by atoms with Crippen molar-refractivity contribution in [3.05, 3.63) is 129 Å². The van der Waals surface area contributed by atoms with Gasteiger partial charge in [0.25, 0.3) is 5.91 Å². The van der Waals surface area contributed by atoms with Gasteiger partial charge in [-0.25, -0.2) is 10.3 Å². The summed E-state index contributed by atoms with van der Waals surface area (Å²) in [6, 6.07) is 32.8. The summed E-state index contributed by atoms with van der Waals surface area (Å²) in [7, 11) is 0. The van der Waals surface area contributed by atoms with E-state index in [0.717, 1.165) is 31.5 Å². The van der Waals surface area contributed by atoms with E-state index in [9.17, 15) is 14.4 Å². The lowest BCUT2D eigenvalue weighted by Gasteiger charge is -2.52. The third-order valence-corrected chi connectivity index (χ3v) is 9.17. The van der Waals surface area contributed by atoms with Crippen molar-refractivity contribution < 1.29 is 14.4 Å². The molecule has 0 radical (unpaired) electrons. The number of halogens is 1. The number of hydrogen-bond donors (Lipinski definition) is 2. The monoisotopic (exact) mass is 652 g/mol. The zero-order chi connectivity index (χ0) is 28.1. The number of para-hydroxylation sites is 1. The van der Waals surface area contributed by atoms with Gasteiger partial charge in [-0.05, 0) is 81.2 Å². The molecule has 4 aromatic rings. The summed E-state index contributed by atoms with van der Waals surface area (Å²) in [6.07, 6.45) is 1.68. The summed E-state index contributed by atoms with van der Waals surface area (Å²) in [4.78, 5) is 42.5. The second kappa shape index (κ2) is 9.95. The van der Waals surface area contributed by atoms with E-state index < -0.39 is 17.3 Å². The van der Waals surface area contributed by atoms with Gasteiger partial charge in [0, 0.05) is 21.4 Å². The van der Waals surface area contributed by atoms with Crippen LogP contribution in [0.15, 0.2) is 108 Å². The Hall–Kier alpha value is -4.31. The first-order chi connectivity index (χ1) is 20.0. The third kappa shape index (κ3) is 3.92. The number of imide groups is 1. The van der Waals surface area contributed by atoms with Gasteiger partial charge in [-0.15, -0.1) is 0 Å². The molecule has 1 heterocycles. The predicted molar refractivity (Wildman–Crippen MR) is 166 cm³/mol. The maximum absolute atomic E-state index is 14.3. The summed E-state index contributed by atoms with van der Waals surface area (Å²) in [5.74, 6) is -2.31. The molecule has 7 nitrogen and oxygen atoms in total. The van der Waals surface area contributed by atoms with Gasteiger partial charge in [-0.1, -0.05) is 66.7 Å². The highest BCUT2D eigenvalue weighted by Crippen LogP contribution is 2.63. The molecule has 202 valence electrons. The Kier molecular flexibility index (Phi) is 6.23. The second-order valence-corrected chi connectivity index (χ2v) is 11.8. The van der Waals surface area contributed by atoms with Crippen molar-refractivity contribution in [2.45, 2.75) is 11.3 Å². The van der Waals surface area contributed by atoms with Crippen molar-refractivity contribution in [2.75, 3.05) is 16.8 Å². The first-order valence-electron chi connectivity index (χ1n) is 13.4. The molecule has 2 bridgehead atoms. The number of hydrazone groups is 1. The van der Waals surface area contributed by atoms with Gasteiger partial charge in [0.2, 0.25) is 11.8 Å². The van der Waals surface area contributed by atoms with Crippen LogP contribution in [0, 0.1) is 15.4 Å². The van der Waals surface area contributed by atoms with Crippen LogP contribution in [0.1, 0.15) is 28.2 Å². The number of hydrogen-bond acceptors (Lipinski definition) is 5. The maximum atomic E-state index is 14.3. The van der Waals surface area contributed by atoms with Crippen molar-refractivity contribution in [1.29, 1.82) is 0 Å². The molecule has 2 N–H and O–H groups in total. The largest absolute Gasteiger partial charge is 0.376 e. The molecule has 4 aliphatic rings. The molecular formula is C33H25IN4O3. The zero-order valence-electron chi connectivity index (χ0n) is 21.8. The average Bonchev–Trinajstić information content (AvgIpc) is 3.28. The molecule has 1 aliphatic heterocycles. The molecule has 4 aromatic carbocycles. The van der Waals surface area contributed by atoms with Crippen LogP contribution in [0.3, 0.4) is 0 Å². The molecule has 0 unspecified atom stereocenters. The first-order valence-corrected chi connectivity index (χ1v) is 14.5. The molecule has 3 amide bonds. The summed E-state index contributed by atoms with van der Waals surface area (Å²) in [6.45, 7) is 0.0332. The van der Waals surface area contributed by atoms with Gasteiger partial charge in [0.1, 0.15) is 0 Å².